The second kappa shape index (κ2) is 8.67. The first kappa shape index (κ1) is 21.3. The minimum Gasteiger partial charge on any atom is -0.482 e. The van der Waals surface area contributed by atoms with Crippen molar-refractivity contribution in [3.63, 3.8) is 0 Å². The maximum atomic E-state index is 12.6. The number of nitrogens with zero attached hydrogens (tertiary/aromatic N) is 1. The molecule has 0 aliphatic carbocycles. The molecule has 2 amide bonds. The lowest BCUT2D eigenvalue weighted by Crippen LogP contribution is -2.29. The number of rotatable bonds is 6. The number of imide groups is 1. The zero-order chi connectivity index (χ0) is 22.8. The van der Waals surface area contributed by atoms with Crippen molar-refractivity contribution >= 4 is 23.5 Å². The molecule has 0 atom stereocenters. The van der Waals surface area contributed by atoms with Gasteiger partial charge in [0, 0.05) is 0 Å². The van der Waals surface area contributed by atoms with Gasteiger partial charge in [0.25, 0.3) is 11.8 Å². The lowest BCUT2D eigenvalue weighted by Gasteiger charge is -2.14. The molecular weight excluding hydrogens is 406 g/mol. The molecule has 0 N–H and O–H groups in total. The Labute approximate surface area is 186 Å². The molecule has 0 unspecified atom stereocenters. The minimum absolute atomic E-state index is 0.235. The maximum absolute atomic E-state index is 12.6. The van der Waals surface area contributed by atoms with Gasteiger partial charge in [0.2, 0.25) is 0 Å². The van der Waals surface area contributed by atoms with Crippen molar-refractivity contribution in [2.45, 2.75) is 26.7 Å². The van der Waals surface area contributed by atoms with Gasteiger partial charge in [-0.05, 0) is 72.5 Å². The standard InChI is InChI=1S/C26H23NO5/c1-16(2)21-13-12-20(14-17(21)3)31-15-24(28)32-19-10-8-18(9-11-19)27-25(29)22-6-4-5-7-23(22)26(27)30/h4-14,16H,15H2,1-3H3. The van der Waals surface area contributed by atoms with Gasteiger partial charge >= 0.3 is 5.97 Å². The number of benzene rings is 3. The first-order valence-electron chi connectivity index (χ1n) is 10.4. The van der Waals surface area contributed by atoms with Crippen molar-refractivity contribution in [2.75, 3.05) is 11.5 Å². The molecule has 4 rings (SSSR count). The molecular formula is C26H23NO5. The molecule has 3 aromatic carbocycles. The third kappa shape index (κ3) is 4.12. The van der Waals surface area contributed by atoms with E-state index in [9.17, 15) is 14.4 Å². The van der Waals surface area contributed by atoms with Crippen LogP contribution >= 0.6 is 0 Å². The lowest BCUT2D eigenvalue weighted by atomic mass is 9.98. The molecule has 162 valence electrons. The molecule has 0 saturated carbocycles. The number of anilines is 1. The van der Waals surface area contributed by atoms with Crippen LogP contribution in [0.4, 0.5) is 5.69 Å². The van der Waals surface area contributed by atoms with Crippen molar-refractivity contribution in [3.8, 4) is 11.5 Å². The summed E-state index contributed by atoms with van der Waals surface area (Å²) in [5, 5.41) is 0. The third-order valence-electron chi connectivity index (χ3n) is 5.34. The summed E-state index contributed by atoms with van der Waals surface area (Å²) in [7, 11) is 0. The second-order valence-corrected chi connectivity index (χ2v) is 7.92. The van der Waals surface area contributed by atoms with Gasteiger partial charge in [0.05, 0.1) is 16.8 Å². The number of esters is 1. The topological polar surface area (TPSA) is 72.9 Å². The predicted molar refractivity (Wildman–Crippen MR) is 120 cm³/mol. The van der Waals surface area contributed by atoms with Crippen LogP contribution in [0.2, 0.25) is 0 Å². The molecule has 0 fully saturated rings. The molecule has 1 aliphatic rings. The monoisotopic (exact) mass is 429 g/mol. The quantitative estimate of drug-likeness (QED) is 0.316. The summed E-state index contributed by atoms with van der Waals surface area (Å²) in [6, 6.07) is 18.7. The number of hydrogen-bond donors (Lipinski definition) is 0. The highest BCUT2D eigenvalue weighted by atomic mass is 16.6. The summed E-state index contributed by atoms with van der Waals surface area (Å²) in [6.45, 7) is 6.02. The van der Waals surface area contributed by atoms with E-state index in [0.29, 0.717) is 34.2 Å². The lowest BCUT2D eigenvalue weighted by molar-refractivity contribution is -0.136. The Balaban J connectivity index is 1.37. The van der Waals surface area contributed by atoms with E-state index in [4.69, 9.17) is 9.47 Å². The Kier molecular flexibility index (Phi) is 5.77. The Morgan fingerprint density at radius 1 is 0.875 bits per heavy atom. The zero-order valence-corrected chi connectivity index (χ0v) is 18.1. The zero-order valence-electron chi connectivity index (χ0n) is 18.1. The van der Waals surface area contributed by atoms with Gasteiger partial charge in [-0.15, -0.1) is 0 Å². The fraction of sp³-hybridized carbons (Fsp3) is 0.192. The van der Waals surface area contributed by atoms with Crippen LogP contribution in [-0.4, -0.2) is 24.4 Å². The summed E-state index contributed by atoms with van der Waals surface area (Å²) < 4.78 is 10.9. The fourth-order valence-electron chi connectivity index (χ4n) is 3.78. The summed E-state index contributed by atoms with van der Waals surface area (Å²) in [6.07, 6.45) is 0. The van der Waals surface area contributed by atoms with Gasteiger partial charge in [-0.2, -0.15) is 0 Å². The third-order valence-corrected chi connectivity index (χ3v) is 5.34. The molecule has 0 bridgehead atoms. The predicted octanol–water partition coefficient (Wildman–Crippen LogP) is 4.90. The van der Waals surface area contributed by atoms with Crippen LogP contribution in [0.25, 0.3) is 0 Å². The first-order chi connectivity index (χ1) is 15.3. The van der Waals surface area contributed by atoms with Gasteiger partial charge < -0.3 is 9.47 Å². The van der Waals surface area contributed by atoms with E-state index in [0.717, 1.165) is 10.5 Å². The van der Waals surface area contributed by atoms with Gasteiger partial charge in [-0.3, -0.25) is 9.59 Å². The highest BCUT2D eigenvalue weighted by Gasteiger charge is 2.36. The number of carbonyl (C=O) groups excluding carboxylic acids is 3. The Bertz CT molecular complexity index is 1160. The van der Waals surface area contributed by atoms with Crippen LogP contribution in [0.5, 0.6) is 11.5 Å². The number of hydrogen-bond acceptors (Lipinski definition) is 5. The van der Waals surface area contributed by atoms with Crippen LogP contribution in [0, 0.1) is 6.92 Å². The summed E-state index contributed by atoms with van der Waals surface area (Å²) in [5.41, 5.74) is 3.50. The number of carbonyl (C=O) groups is 3. The largest absolute Gasteiger partial charge is 0.482 e. The SMILES string of the molecule is Cc1cc(OCC(=O)Oc2ccc(N3C(=O)c4ccccc4C3=O)cc2)ccc1C(C)C. The minimum atomic E-state index is -0.552. The smallest absolute Gasteiger partial charge is 0.349 e. The molecule has 0 saturated heterocycles. The van der Waals surface area contributed by atoms with Crippen molar-refractivity contribution in [1.82, 2.24) is 0 Å². The van der Waals surface area contributed by atoms with Gasteiger partial charge in [0.15, 0.2) is 6.61 Å². The van der Waals surface area contributed by atoms with Crippen LogP contribution < -0.4 is 14.4 Å². The second-order valence-electron chi connectivity index (χ2n) is 7.92. The highest BCUT2D eigenvalue weighted by Crippen LogP contribution is 2.29. The average molecular weight is 429 g/mol. The number of ether oxygens (including phenoxy) is 2. The van der Waals surface area contributed by atoms with Crippen LogP contribution in [-0.2, 0) is 4.79 Å². The van der Waals surface area contributed by atoms with E-state index in [2.05, 4.69) is 13.8 Å². The van der Waals surface area contributed by atoms with Crippen molar-refractivity contribution in [2.24, 2.45) is 0 Å². The molecule has 1 heterocycles. The molecule has 0 radical (unpaired) electrons. The van der Waals surface area contributed by atoms with E-state index in [1.165, 1.54) is 5.56 Å². The molecule has 6 nitrogen and oxygen atoms in total. The normalized spacial score (nSPS) is 12.8. The molecule has 0 spiro atoms. The highest BCUT2D eigenvalue weighted by molar-refractivity contribution is 6.34. The molecule has 32 heavy (non-hydrogen) atoms. The first-order valence-corrected chi connectivity index (χ1v) is 10.4. The molecule has 3 aromatic rings. The van der Waals surface area contributed by atoms with Crippen LogP contribution in [0.15, 0.2) is 66.7 Å². The van der Waals surface area contributed by atoms with Gasteiger partial charge in [-0.25, -0.2) is 9.69 Å². The summed E-state index contributed by atoms with van der Waals surface area (Å²) in [5.74, 6) is 0.0153. The van der Waals surface area contributed by atoms with Crippen molar-refractivity contribution in [1.29, 1.82) is 0 Å². The summed E-state index contributed by atoms with van der Waals surface area (Å²) in [4.78, 5) is 38.4. The number of fused-ring (bicyclic) bond motifs is 1. The maximum Gasteiger partial charge on any atom is 0.349 e. The van der Waals surface area contributed by atoms with E-state index in [-0.39, 0.29) is 18.4 Å². The van der Waals surface area contributed by atoms with E-state index in [1.54, 1.807) is 48.5 Å². The van der Waals surface area contributed by atoms with Crippen molar-refractivity contribution < 1.29 is 23.9 Å². The Hall–Kier alpha value is -3.93. The molecule has 6 heteroatoms. The Morgan fingerprint density at radius 2 is 1.47 bits per heavy atom. The summed E-state index contributed by atoms with van der Waals surface area (Å²) >= 11 is 0. The van der Waals surface area contributed by atoms with Gasteiger partial charge in [-0.1, -0.05) is 32.0 Å². The van der Waals surface area contributed by atoms with E-state index in [1.807, 2.05) is 25.1 Å². The van der Waals surface area contributed by atoms with Crippen molar-refractivity contribution in [3.05, 3.63) is 89.0 Å². The molecule has 0 aromatic heterocycles. The molecule has 1 aliphatic heterocycles. The average Bonchev–Trinajstić information content (AvgIpc) is 3.03. The fourth-order valence-corrected chi connectivity index (χ4v) is 3.78. The van der Waals surface area contributed by atoms with E-state index >= 15 is 0 Å². The van der Waals surface area contributed by atoms with Crippen LogP contribution in [0.1, 0.15) is 51.6 Å². The van der Waals surface area contributed by atoms with Gasteiger partial charge in [0.1, 0.15) is 11.5 Å². The van der Waals surface area contributed by atoms with Crippen LogP contribution in [0.3, 0.4) is 0 Å². The number of aryl methyl sites for hydroxylation is 1. The number of amides is 2. The van der Waals surface area contributed by atoms with E-state index < -0.39 is 5.97 Å². The Morgan fingerprint density at radius 3 is 2.03 bits per heavy atom.